The molecule has 0 aliphatic heterocycles. The fraction of sp³-hybridized carbons (Fsp3) is 0.727. The van der Waals surface area contributed by atoms with Gasteiger partial charge in [0.05, 0.1) is 0 Å². The Balaban J connectivity index is 2.66. The fourth-order valence-electron chi connectivity index (χ4n) is 1.52. The third-order valence-corrected chi connectivity index (χ3v) is 2.27. The van der Waals surface area contributed by atoms with E-state index in [2.05, 4.69) is 16.1 Å². The van der Waals surface area contributed by atoms with Gasteiger partial charge in [-0.15, -0.1) is 0 Å². The van der Waals surface area contributed by atoms with Crippen LogP contribution in [-0.4, -0.2) is 17.8 Å². The monoisotopic (exact) mass is 213 g/mol. The SMILES string of the molecule is CCOCn1cc[n+](COCC)c1CC. The molecular weight excluding hydrogens is 192 g/mol. The molecule has 0 radical (unpaired) electrons. The number of hydrogen-bond acceptors (Lipinski definition) is 2. The molecule has 15 heavy (non-hydrogen) atoms. The third-order valence-electron chi connectivity index (χ3n) is 2.27. The molecule has 0 bridgehead atoms. The maximum atomic E-state index is 5.39. The van der Waals surface area contributed by atoms with Crippen molar-refractivity contribution in [3.05, 3.63) is 18.2 Å². The van der Waals surface area contributed by atoms with Crippen molar-refractivity contribution in [2.75, 3.05) is 13.2 Å². The lowest BCUT2D eigenvalue weighted by atomic mass is 10.4. The van der Waals surface area contributed by atoms with Crippen LogP contribution in [0.3, 0.4) is 0 Å². The zero-order chi connectivity index (χ0) is 11.1. The Morgan fingerprint density at radius 3 is 2.53 bits per heavy atom. The van der Waals surface area contributed by atoms with Crippen molar-refractivity contribution in [2.24, 2.45) is 0 Å². The van der Waals surface area contributed by atoms with E-state index in [4.69, 9.17) is 9.47 Å². The first-order chi connectivity index (χ1) is 7.33. The van der Waals surface area contributed by atoms with Crippen LogP contribution in [0, 0.1) is 0 Å². The van der Waals surface area contributed by atoms with Crippen molar-refractivity contribution < 1.29 is 14.0 Å². The van der Waals surface area contributed by atoms with Gasteiger partial charge in [0.2, 0.25) is 0 Å². The van der Waals surface area contributed by atoms with E-state index in [0.29, 0.717) is 13.5 Å². The number of nitrogens with zero attached hydrogens (tertiary/aromatic N) is 2. The van der Waals surface area contributed by atoms with E-state index < -0.39 is 0 Å². The molecule has 86 valence electrons. The van der Waals surface area contributed by atoms with E-state index >= 15 is 0 Å². The molecule has 1 aromatic heterocycles. The second kappa shape index (κ2) is 6.58. The highest BCUT2D eigenvalue weighted by atomic mass is 16.5. The van der Waals surface area contributed by atoms with Gasteiger partial charge in [-0.3, -0.25) is 0 Å². The summed E-state index contributed by atoms with van der Waals surface area (Å²) in [6.07, 6.45) is 5.05. The summed E-state index contributed by atoms with van der Waals surface area (Å²) in [5.74, 6) is 1.23. The van der Waals surface area contributed by atoms with Crippen LogP contribution >= 0.6 is 0 Å². The Morgan fingerprint density at radius 2 is 1.93 bits per heavy atom. The van der Waals surface area contributed by atoms with Crippen LogP contribution in [0.25, 0.3) is 0 Å². The molecule has 0 fully saturated rings. The van der Waals surface area contributed by atoms with Crippen molar-refractivity contribution in [1.29, 1.82) is 0 Å². The highest BCUT2D eigenvalue weighted by molar-refractivity contribution is 4.81. The standard InChI is InChI=1S/C11H21N2O2/c1-4-11-12(9-14-5-2)7-8-13(11)10-15-6-3/h7-8H,4-6,9-10H2,1-3H3/q+1. The normalized spacial score (nSPS) is 10.9. The maximum absolute atomic E-state index is 5.39. The van der Waals surface area contributed by atoms with Gasteiger partial charge in [0.1, 0.15) is 12.4 Å². The van der Waals surface area contributed by atoms with Gasteiger partial charge in [0.25, 0.3) is 5.82 Å². The van der Waals surface area contributed by atoms with Gasteiger partial charge in [-0.05, 0) is 13.8 Å². The lowest BCUT2D eigenvalue weighted by molar-refractivity contribution is -0.738. The van der Waals surface area contributed by atoms with Gasteiger partial charge < -0.3 is 9.47 Å². The summed E-state index contributed by atoms with van der Waals surface area (Å²) in [5.41, 5.74) is 0. The van der Waals surface area contributed by atoms with Crippen LogP contribution in [0.5, 0.6) is 0 Å². The van der Waals surface area contributed by atoms with Gasteiger partial charge in [-0.25, -0.2) is 9.13 Å². The van der Waals surface area contributed by atoms with Gasteiger partial charge in [-0.2, -0.15) is 0 Å². The average molecular weight is 213 g/mol. The summed E-state index contributed by atoms with van der Waals surface area (Å²) in [6.45, 7) is 8.88. The molecule has 0 saturated carbocycles. The topological polar surface area (TPSA) is 27.3 Å². The molecule has 0 aliphatic carbocycles. The Hall–Kier alpha value is -0.870. The van der Waals surface area contributed by atoms with Crippen molar-refractivity contribution in [1.82, 2.24) is 4.57 Å². The Morgan fingerprint density at radius 1 is 1.20 bits per heavy atom. The smallest absolute Gasteiger partial charge is 0.259 e. The zero-order valence-electron chi connectivity index (χ0n) is 9.90. The van der Waals surface area contributed by atoms with Gasteiger partial charge >= 0.3 is 0 Å². The number of rotatable bonds is 7. The highest BCUT2D eigenvalue weighted by Crippen LogP contribution is 1.97. The summed E-state index contributed by atoms with van der Waals surface area (Å²) in [5, 5.41) is 0. The van der Waals surface area contributed by atoms with E-state index in [9.17, 15) is 0 Å². The quantitative estimate of drug-likeness (QED) is 0.639. The molecule has 0 aliphatic rings. The summed E-state index contributed by atoms with van der Waals surface area (Å²) < 4.78 is 15.0. The van der Waals surface area contributed by atoms with Crippen LogP contribution in [0.2, 0.25) is 0 Å². The minimum absolute atomic E-state index is 0.624. The Bertz CT molecular complexity index is 259. The molecule has 0 atom stereocenters. The molecule has 1 heterocycles. The molecule has 4 nitrogen and oxygen atoms in total. The van der Waals surface area contributed by atoms with Crippen LogP contribution in [-0.2, 0) is 29.4 Å². The fourth-order valence-corrected chi connectivity index (χ4v) is 1.52. The third kappa shape index (κ3) is 3.32. The number of ether oxygens (including phenoxy) is 2. The zero-order valence-corrected chi connectivity index (χ0v) is 9.90. The number of hydrogen-bond donors (Lipinski definition) is 0. The van der Waals surface area contributed by atoms with E-state index in [-0.39, 0.29) is 0 Å². The Labute approximate surface area is 91.4 Å². The predicted molar refractivity (Wildman–Crippen MR) is 57.3 cm³/mol. The first-order valence-electron chi connectivity index (χ1n) is 5.56. The summed E-state index contributed by atoms with van der Waals surface area (Å²) in [4.78, 5) is 0. The summed E-state index contributed by atoms with van der Waals surface area (Å²) in [6, 6.07) is 0. The molecule has 0 amide bonds. The molecule has 0 unspecified atom stereocenters. The van der Waals surface area contributed by atoms with Crippen LogP contribution < -0.4 is 4.57 Å². The van der Waals surface area contributed by atoms with E-state index in [1.807, 2.05) is 26.2 Å². The Kier molecular flexibility index (Phi) is 5.36. The van der Waals surface area contributed by atoms with E-state index in [0.717, 1.165) is 19.6 Å². The van der Waals surface area contributed by atoms with Crippen LogP contribution in [0.1, 0.15) is 26.6 Å². The van der Waals surface area contributed by atoms with Gasteiger partial charge in [0, 0.05) is 19.6 Å². The largest absolute Gasteiger partial charge is 0.342 e. The molecule has 1 rings (SSSR count). The van der Waals surface area contributed by atoms with Gasteiger partial charge in [0.15, 0.2) is 13.5 Å². The number of aromatic nitrogens is 2. The summed E-state index contributed by atoms with van der Waals surface area (Å²) in [7, 11) is 0. The number of imidazole rings is 1. The minimum Gasteiger partial charge on any atom is -0.342 e. The summed E-state index contributed by atoms with van der Waals surface area (Å²) >= 11 is 0. The van der Waals surface area contributed by atoms with Crippen molar-refractivity contribution in [2.45, 2.75) is 40.7 Å². The molecule has 0 aromatic carbocycles. The lowest BCUT2D eigenvalue weighted by Crippen LogP contribution is -2.38. The first-order valence-corrected chi connectivity index (χ1v) is 5.56. The maximum Gasteiger partial charge on any atom is 0.259 e. The van der Waals surface area contributed by atoms with Crippen molar-refractivity contribution >= 4 is 0 Å². The highest BCUT2D eigenvalue weighted by Gasteiger charge is 2.14. The molecule has 0 spiro atoms. The van der Waals surface area contributed by atoms with E-state index in [1.54, 1.807) is 0 Å². The predicted octanol–water partition coefficient (Wildman–Crippen LogP) is 1.33. The second-order valence-corrected chi connectivity index (χ2v) is 3.25. The molecular formula is C11H21N2O2+. The molecule has 0 N–H and O–H groups in total. The van der Waals surface area contributed by atoms with Crippen LogP contribution in [0.4, 0.5) is 0 Å². The van der Waals surface area contributed by atoms with Crippen molar-refractivity contribution in [3.63, 3.8) is 0 Å². The van der Waals surface area contributed by atoms with E-state index in [1.165, 1.54) is 5.82 Å². The van der Waals surface area contributed by atoms with Crippen LogP contribution in [0.15, 0.2) is 12.4 Å². The molecule has 1 aromatic rings. The first kappa shape index (κ1) is 12.2. The second-order valence-electron chi connectivity index (χ2n) is 3.25. The minimum atomic E-state index is 0.624. The molecule has 0 saturated heterocycles. The van der Waals surface area contributed by atoms with Crippen molar-refractivity contribution in [3.8, 4) is 0 Å². The molecule has 4 heteroatoms. The lowest BCUT2D eigenvalue weighted by Gasteiger charge is -2.03. The van der Waals surface area contributed by atoms with Gasteiger partial charge in [-0.1, -0.05) is 6.92 Å². The average Bonchev–Trinajstić information content (AvgIpc) is 2.65.